The Labute approximate surface area is 107 Å². The summed E-state index contributed by atoms with van der Waals surface area (Å²) in [7, 11) is 0. The van der Waals surface area contributed by atoms with Crippen molar-refractivity contribution in [2.45, 2.75) is 38.9 Å². The quantitative estimate of drug-likeness (QED) is 0.843. The van der Waals surface area contributed by atoms with Crippen molar-refractivity contribution in [2.24, 2.45) is 0 Å². The zero-order valence-electron chi connectivity index (χ0n) is 10.4. The lowest BCUT2D eigenvalue weighted by Crippen LogP contribution is -2.73. The summed E-state index contributed by atoms with van der Waals surface area (Å²) in [4.78, 5) is 3.35. The maximum Gasteiger partial charge on any atom is 0.257 e. The number of benzene rings is 1. The fraction of sp³-hybridized carbons (Fsp3) is 0.462. The van der Waals surface area contributed by atoms with E-state index in [1.807, 2.05) is 38.1 Å². The second kappa shape index (κ2) is 4.41. The van der Waals surface area contributed by atoms with E-state index in [1.165, 1.54) is 5.06 Å². The monoisotopic (exact) mass is 253 g/mol. The molecule has 1 atom stereocenters. The van der Waals surface area contributed by atoms with Gasteiger partial charge in [-0.3, -0.25) is 0 Å². The highest BCUT2D eigenvalue weighted by molar-refractivity contribution is 6.31. The van der Waals surface area contributed by atoms with E-state index in [9.17, 15) is 5.21 Å². The van der Waals surface area contributed by atoms with Gasteiger partial charge in [0.1, 0.15) is 5.54 Å². The van der Waals surface area contributed by atoms with E-state index in [4.69, 9.17) is 11.6 Å². The summed E-state index contributed by atoms with van der Waals surface area (Å²) in [5.41, 5.74) is 1.64. The molecular weight excluding hydrogens is 236 g/mol. The molecular formula is C13H18ClN2O+. The Bertz CT molecular complexity index is 456. The maximum atomic E-state index is 10.3. The molecule has 1 unspecified atom stereocenters. The van der Waals surface area contributed by atoms with Crippen LogP contribution in [0.5, 0.6) is 0 Å². The predicted molar refractivity (Wildman–Crippen MR) is 68.2 cm³/mol. The van der Waals surface area contributed by atoms with Crippen molar-refractivity contribution < 1.29 is 10.2 Å². The average Bonchev–Trinajstić information content (AvgIpc) is 2.52. The molecule has 1 heterocycles. The molecule has 4 heteroatoms. The van der Waals surface area contributed by atoms with Crippen LogP contribution in [-0.4, -0.2) is 21.5 Å². The summed E-state index contributed by atoms with van der Waals surface area (Å²) in [6.07, 6.45) is 0.610. The summed E-state index contributed by atoms with van der Waals surface area (Å²) in [5.74, 6) is 0. The number of nitrogens with zero attached hydrogens (tertiary/aromatic N) is 1. The molecule has 1 aromatic carbocycles. The highest BCUT2D eigenvalue weighted by atomic mass is 35.5. The minimum absolute atomic E-state index is 0.270. The van der Waals surface area contributed by atoms with Crippen LogP contribution in [0.4, 0.5) is 0 Å². The van der Waals surface area contributed by atoms with E-state index in [-0.39, 0.29) is 11.7 Å². The summed E-state index contributed by atoms with van der Waals surface area (Å²) < 4.78 is 0. The lowest BCUT2D eigenvalue weighted by atomic mass is 9.97. The topological polar surface area (TPSA) is 37.4 Å². The number of hydroxylamine groups is 2. The molecule has 1 aliphatic heterocycles. The lowest BCUT2D eigenvalue weighted by molar-refractivity contribution is -0.549. The Hall–Kier alpha value is -0.900. The number of rotatable bonds is 2. The van der Waals surface area contributed by atoms with Crippen LogP contribution < -0.4 is 4.99 Å². The van der Waals surface area contributed by atoms with Crippen molar-refractivity contribution >= 4 is 17.3 Å². The molecule has 2 N–H and O–H groups in total. The molecule has 17 heavy (non-hydrogen) atoms. The molecule has 0 bridgehead atoms. The summed E-state index contributed by atoms with van der Waals surface area (Å²) in [5, 5.41) is 12.3. The predicted octanol–water partition coefficient (Wildman–Crippen LogP) is 1.75. The van der Waals surface area contributed by atoms with E-state index in [0.717, 1.165) is 17.7 Å². The number of hydrogen-bond acceptors (Lipinski definition) is 2. The molecule has 0 radical (unpaired) electrons. The first kappa shape index (κ1) is 12.6. The first-order valence-electron chi connectivity index (χ1n) is 5.84. The zero-order chi connectivity index (χ0) is 12.6. The minimum Gasteiger partial charge on any atom is -0.307 e. The maximum absolute atomic E-state index is 10.3. The zero-order valence-corrected chi connectivity index (χ0v) is 11.1. The van der Waals surface area contributed by atoms with Gasteiger partial charge in [-0.15, -0.1) is 5.06 Å². The molecule has 0 saturated heterocycles. The van der Waals surface area contributed by atoms with Gasteiger partial charge < -0.3 is 5.21 Å². The SMILES string of the molecule is CCC1=[NH+]C(c2ccccc2Cl)N(O)C1(C)C. The van der Waals surface area contributed by atoms with E-state index in [2.05, 4.69) is 11.9 Å². The molecule has 1 aliphatic rings. The van der Waals surface area contributed by atoms with Gasteiger partial charge in [0.25, 0.3) is 6.17 Å². The molecule has 0 amide bonds. The van der Waals surface area contributed by atoms with Gasteiger partial charge in [-0.05, 0) is 26.0 Å². The first-order chi connectivity index (χ1) is 7.98. The largest absolute Gasteiger partial charge is 0.307 e. The van der Waals surface area contributed by atoms with Gasteiger partial charge in [-0.25, -0.2) is 4.99 Å². The third kappa shape index (κ3) is 1.99. The summed E-state index contributed by atoms with van der Waals surface area (Å²) in [6, 6.07) is 7.58. The fourth-order valence-electron chi connectivity index (χ4n) is 2.30. The molecule has 2 rings (SSSR count). The average molecular weight is 254 g/mol. The van der Waals surface area contributed by atoms with E-state index < -0.39 is 0 Å². The third-order valence-corrected chi connectivity index (χ3v) is 3.76. The van der Waals surface area contributed by atoms with E-state index >= 15 is 0 Å². The lowest BCUT2D eigenvalue weighted by Gasteiger charge is -2.25. The van der Waals surface area contributed by atoms with Crippen LogP contribution in [-0.2, 0) is 0 Å². The normalized spacial score (nSPS) is 23.8. The smallest absolute Gasteiger partial charge is 0.257 e. The second-order valence-electron chi connectivity index (χ2n) is 4.80. The van der Waals surface area contributed by atoms with Gasteiger partial charge in [-0.1, -0.05) is 30.7 Å². The Morgan fingerprint density at radius 3 is 2.59 bits per heavy atom. The summed E-state index contributed by atoms with van der Waals surface area (Å²) in [6.45, 7) is 6.07. The van der Waals surface area contributed by atoms with Crippen molar-refractivity contribution in [3.05, 3.63) is 34.9 Å². The van der Waals surface area contributed by atoms with Crippen molar-refractivity contribution in [3.63, 3.8) is 0 Å². The van der Waals surface area contributed by atoms with E-state index in [1.54, 1.807) is 0 Å². The van der Waals surface area contributed by atoms with Gasteiger partial charge in [0.2, 0.25) is 0 Å². The molecule has 0 aliphatic carbocycles. The van der Waals surface area contributed by atoms with Crippen LogP contribution in [0.1, 0.15) is 38.9 Å². The van der Waals surface area contributed by atoms with Crippen molar-refractivity contribution in [2.75, 3.05) is 0 Å². The van der Waals surface area contributed by atoms with Crippen molar-refractivity contribution in [3.8, 4) is 0 Å². The van der Waals surface area contributed by atoms with Crippen LogP contribution >= 0.6 is 11.6 Å². The molecule has 1 aromatic rings. The molecule has 0 fully saturated rings. The Balaban J connectivity index is 2.43. The fourth-order valence-corrected chi connectivity index (χ4v) is 2.54. The Kier molecular flexibility index (Phi) is 3.25. The standard InChI is InChI=1S/C13H17ClN2O/c1-4-11-13(2,3)16(17)12(15-11)9-7-5-6-8-10(9)14/h5-8,12,17H,4H2,1-3H3/p+1. The molecule has 0 aromatic heterocycles. The number of hydrogen-bond donors (Lipinski definition) is 2. The first-order valence-corrected chi connectivity index (χ1v) is 6.21. The molecule has 0 spiro atoms. The molecule has 0 saturated carbocycles. The molecule has 92 valence electrons. The minimum atomic E-state index is -0.376. The Morgan fingerprint density at radius 1 is 1.41 bits per heavy atom. The summed E-state index contributed by atoms with van der Waals surface area (Å²) >= 11 is 6.17. The van der Waals surface area contributed by atoms with Crippen molar-refractivity contribution in [1.82, 2.24) is 5.06 Å². The number of nitrogens with one attached hydrogen (secondary N) is 1. The highest BCUT2D eigenvalue weighted by Crippen LogP contribution is 2.29. The van der Waals surface area contributed by atoms with Crippen LogP contribution in [0.3, 0.4) is 0 Å². The van der Waals surface area contributed by atoms with Gasteiger partial charge >= 0.3 is 0 Å². The van der Waals surface area contributed by atoms with Gasteiger partial charge in [0.05, 0.1) is 10.6 Å². The van der Waals surface area contributed by atoms with Gasteiger partial charge in [0.15, 0.2) is 5.71 Å². The second-order valence-corrected chi connectivity index (χ2v) is 5.21. The van der Waals surface area contributed by atoms with Gasteiger partial charge in [0, 0.05) is 6.42 Å². The van der Waals surface area contributed by atoms with E-state index in [0.29, 0.717) is 5.02 Å². The van der Waals surface area contributed by atoms with Crippen LogP contribution in [0.25, 0.3) is 0 Å². The van der Waals surface area contributed by atoms with Crippen molar-refractivity contribution in [1.29, 1.82) is 0 Å². The third-order valence-electron chi connectivity index (χ3n) is 3.42. The Morgan fingerprint density at radius 2 is 2.06 bits per heavy atom. The number of halogens is 1. The van der Waals surface area contributed by atoms with Crippen LogP contribution in [0.15, 0.2) is 24.3 Å². The van der Waals surface area contributed by atoms with Gasteiger partial charge in [-0.2, -0.15) is 0 Å². The van der Waals surface area contributed by atoms with Crippen LogP contribution in [0, 0.1) is 0 Å². The molecule has 3 nitrogen and oxygen atoms in total. The highest BCUT2D eigenvalue weighted by Gasteiger charge is 2.48. The van der Waals surface area contributed by atoms with Crippen LogP contribution in [0.2, 0.25) is 5.02 Å².